The molecule has 5 aromatic rings. The second kappa shape index (κ2) is 8.60. The summed E-state index contributed by atoms with van der Waals surface area (Å²) in [6.07, 6.45) is 3.11. The molecule has 0 aliphatic carbocycles. The molecule has 4 aromatic heterocycles. The van der Waals surface area contributed by atoms with Crippen LogP contribution in [0.2, 0.25) is 0 Å². The van der Waals surface area contributed by atoms with Crippen molar-refractivity contribution in [3.05, 3.63) is 64.4 Å². The Balaban J connectivity index is 1.10. The van der Waals surface area contributed by atoms with Crippen LogP contribution in [0.3, 0.4) is 0 Å². The van der Waals surface area contributed by atoms with E-state index in [1.165, 1.54) is 11.4 Å². The summed E-state index contributed by atoms with van der Waals surface area (Å²) in [5, 5.41) is 11.5. The number of fused-ring (bicyclic) bond motifs is 3. The average molecular weight is 510 g/mol. The van der Waals surface area contributed by atoms with Crippen molar-refractivity contribution in [2.75, 3.05) is 23.7 Å². The summed E-state index contributed by atoms with van der Waals surface area (Å²) in [7, 11) is 0. The van der Waals surface area contributed by atoms with Gasteiger partial charge in [0.1, 0.15) is 16.6 Å². The molecule has 3 aliphatic heterocycles. The predicted octanol–water partition coefficient (Wildman–Crippen LogP) is 4.20. The molecule has 186 valence electrons. The number of aromatic nitrogens is 6. The molecule has 3 fully saturated rings. The highest BCUT2D eigenvalue weighted by atomic mass is 32.1. The minimum absolute atomic E-state index is 0.437. The zero-order valence-corrected chi connectivity index (χ0v) is 21.5. The smallest absolute Gasteiger partial charge is 0.163 e. The Hall–Kier alpha value is -3.89. The Morgan fingerprint density at radius 2 is 1.95 bits per heavy atom. The Bertz CT molecular complexity index is 1590. The third-order valence-electron chi connectivity index (χ3n) is 7.39. The third kappa shape index (κ3) is 3.93. The summed E-state index contributed by atoms with van der Waals surface area (Å²) >= 11 is 1.76. The highest BCUT2D eigenvalue weighted by molar-refractivity contribution is 7.09. The molecule has 8 rings (SSSR count). The van der Waals surface area contributed by atoms with Crippen molar-refractivity contribution < 1.29 is 0 Å². The quantitative estimate of drug-likeness (QED) is 0.362. The first kappa shape index (κ1) is 22.3. The normalized spacial score (nSPS) is 19.4. The lowest BCUT2D eigenvalue weighted by Gasteiger charge is -2.56. The number of hydrogen-bond acceptors (Lipinski definition) is 9. The summed E-state index contributed by atoms with van der Waals surface area (Å²) in [6.45, 7) is 6.97. The number of piperazine rings is 1. The van der Waals surface area contributed by atoms with Gasteiger partial charge in [-0.2, -0.15) is 5.10 Å². The molecule has 37 heavy (non-hydrogen) atoms. The molecule has 1 aromatic carbocycles. The van der Waals surface area contributed by atoms with Crippen LogP contribution in [0.1, 0.15) is 22.8 Å². The van der Waals surface area contributed by atoms with E-state index in [2.05, 4.69) is 48.3 Å². The number of nitrogen functional groups attached to an aromatic ring is 1. The van der Waals surface area contributed by atoms with E-state index in [-0.39, 0.29) is 0 Å². The lowest BCUT2D eigenvalue weighted by Crippen LogP contribution is -2.68. The maximum absolute atomic E-state index is 6.45. The molecule has 3 aliphatic rings. The van der Waals surface area contributed by atoms with E-state index in [1.807, 2.05) is 43.5 Å². The Kier molecular flexibility index (Phi) is 5.19. The maximum Gasteiger partial charge on any atom is 0.163 e. The van der Waals surface area contributed by atoms with Crippen LogP contribution in [-0.2, 0) is 6.54 Å². The number of benzene rings is 1. The van der Waals surface area contributed by atoms with Crippen molar-refractivity contribution in [2.24, 2.45) is 0 Å². The number of nitrogens with two attached hydrogens (primary N) is 1. The van der Waals surface area contributed by atoms with Crippen LogP contribution in [-0.4, -0.2) is 60.2 Å². The fourth-order valence-electron chi connectivity index (χ4n) is 5.58. The molecule has 2 bridgehead atoms. The average Bonchev–Trinajstić information content (AvgIpc) is 3.54. The molecular weight excluding hydrogens is 482 g/mol. The van der Waals surface area contributed by atoms with Crippen molar-refractivity contribution in [1.82, 2.24) is 35.0 Å². The van der Waals surface area contributed by atoms with E-state index >= 15 is 0 Å². The van der Waals surface area contributed by atoms with Gasteiger partial charge in [-0.3, -0.25) is 10.00 Å². The molecule has 7 heterocycles. The van der Waals surface area contributed by atoms with Gasteiger partial charge in [0.25, 0.3) is 0 Å². The van der Waals surface area contributed by atoms with Crippen molar-refractivity contribution in [2.45, 2.75) is 38.9 Å². The lowest BCUT2D eigenvalue weighted by atomic mass is 9.87. The molecule has 0 radical (unpaired) electrons. The number of aryl methyl sites for hydroxylation is 2. The largest absolute Gasteiger partial charge is 0.383 e. The zero-order valence-electron chi connectivity index (χ0n) is 20.7. The van der Waals surface area contributed by atoms with E-state index in [9.17, 15) is 0 Å². The molecule has 0 spiro atoms. The van der Waals surface area contributed by atoms with Crippen LogP contribution in [0, 0.1) is 13.8 Å². The van der Waals surface area contributed by atoms with Crippen LogP contribution in [0.25, 0.3) is 33.5 Å². The topological polar surface area (TPSA) is 113 Å². The van der Waals surface area contributed by atoms with Crippen LogP contribution in [0.5, 0.6) is 0 Å². The summed E-state index contributed by atoms with van der Waals surface area (Å²) in [5.74, 6) is 2.01. The van der Waals surface area contributed by atoms with Crippen LogP contribution in [0.15, 0.2) is 48.0 Å². The fraction of sp³-hybridized carbons (Fsp3) is 0.296. The molecule has 0 amide bonds. The highest BCUT2D eigenvalue weighted by Gasteiger charge is 2.45. The van der Waals surface area contributed by atoms with Crippen molar-refractivity contribution in [1.29, 1.82) is 0 Å². The van der Waals surface area contributed by atoms with Gasteiger partial charge in [0.15, 0.2) is 5.82 Å². The lowest BCUT2D eigenvalue weighted by molar-refractivity contribution is -0.00874. The standard InChI is InChI=1S/C27H27N9S/c1-15-8-22(34-33-15)20-4-3-5-21-25(20)26(28)32-27(31-21)17-6-7-23(29-10-17)35-11-18-9-19(12-35)36(18)13-24-30-16(2)14-37-24/h3-8,10,14,18-19H,9,11-13H2,1-2H3,(H,33,34)(H2,28,31,32). The summed E-state index contributed by atoms with van der Waals surface area (Å²) in [6, 6.07) is 13.1. The van der Waals surface area contributed by atoms with E-state index in [0.717, 1.165) is 64.6 Å². The number of rotatable bonds is 5. The van der Waals surface area contributed by atoms with Gasteiger partial charge in [0, 0.05) is 59.3 Å². The first-order valence-electron chi connectivity index (χ1n) is 12.5. The van der Waals surface area contributed by atoms with E-state index in [4.69, 9.17) is 15.7 Å². The van der Waals surface area contributed by atoms with Gasteiger partial charge < -0.3 is 10.6 Å². The van der Waals surface area contributed by atoms with Crippen molar-refractivity contribution in [3.8, 4) is 22.6 Å². The minimum atomic E-state index is 0.437. The Labute approximate surface area is 218 Å². The van der Waals surface area contributed by atoms with E-state index in [1.54, 1.807) is 11.3 Å². The van der Waals surface area contributed by atoms with Crippen molar-refractivity contribution >= 4 is 33.9 Å². The van der Waals surface area contributed by atoms with Gasteiger partial charge in [-0.1, -0.05) is 12.1 Å². The van der Waals surface area contributed by atoms with Gasteiger partial charge in [-0.15, -0.1) is 11.3 Å². The molecule has 0 saturated carbocycles. The van der Waals surface area contributed by atoms with E-state index in [0.29, 0.717) is 23.7 Å². The molecule has 2 atom stereocenters. The first-order valence-corrected chi connectivity index (χ1v) is 13.4. The Morgan fingerprint density at radius 1 is 1.08 bits per heavy atom. The molecule has 3 N–H and O–H groups in total. The number of pyridine rings is 1. The second-order valence-electron chi connectivity index (χ2n) is 9.98. The molecule has 3 saturated heterocycles. The number of aromatic amines is 1. The highest BCUT2D eigenvalue weighted by Crippen LogP contribution is 2.36. The third-order valence-corrected chi connectivity index (χ3v) is 8.34. The molecule has 2 unspecified atom stereocenters. The molecule has 9 nitrogen and oxygen atoms in total. The fourth-order valence-corrected chi connectivity index (χ4v) is 6.36. The molecular formula is C27H27N9S. The maximum atomic E-state index is 6.45. The number of nitrogens with zero attached hydrogens (tertiary/aromatic N) is 7. The van der Waals surface area contributed by atoms with Gasteiger partial charge in [0.2, 0.25) is 0 Å². The van der Waals surface area contributed by atoms with Crippen LogP contribution in [0.4, 0.5) is 11.6 Å². The predicted molar refractivity (Wildman–Crippen MR) is 146 cm³/mol. The number of anilines is 2. The first-order chi connectivity index (χ1) is 18.0. The SMILES string of the molecule is Cc1csc(CN2C3CC2CN(c2ccc(-c4nc(N)c5c(-c6cc(C)[nH]n6)cccc5n4)cn2)C3)n1. The number of hydrogen-bond donors (Lipinski definition) is 2. The zero-order chi connectivity index (χ0) is 25.1. The van der Waals surface area contributed by atoms with Gasteiger partial charge in [-0.05, 0) is 44.5 Å². The number of piperidine rings is 1. The second-order valence-corrected chi connectivity index (χ2v) is 10.9. The van der Waals surface area contributed by atoms with Crippen molar-refractivity contribution in [3.63, 3.8) is 0 Å². The number of nitrogens with one attached hydrogen (secondary N) is 1. The van der Waals surface area contributed by atoms with Gasteiger partial charge in [0.05, 0.1) is 23.1 Å². The molecule has 10 heteroatoms. The Morgan fingerprint density at radius 3 is 2.65 bits per heavy atom. The van der Waals surface area contributed by atoms with E-state index < -0.39 is 0 Å². The number of thiazole rings is 1. The monoisotopic (exact) mass is 509 g/mol. The van der Waals surface area contributed by atoms with Crippen LogP contribution >= 0.6 is 11.3 Å². The minimum Gasteiger partial charge on any atom is -0.383 e. The number of H-pyrrole nitrogens is 1. The van der Waals surface area contributed by atoms with Gasteiger partial charge >= 0.3 is 0 Å². The summed E-state index contributed by atoms with van der Waals surface area (Å²) in [4.78, 5) is 23.9. The van der Waals surface area contributed by atoms with Crippen LogP contribution < -0.4 is 10.6 Å². The van der Waals surface area contributed by atoms with Gasteiger partial charge in [-0.25, -0.2) is 19.9 Å². The summed E-state index contributed by atoms with van der Waals surface area (Å²) < 4.78 is 0. The summed E-state index contributed by atoms with van der Waals surface area (Å²) in [5.41, 5.74) is 11.9.